The number of amides is 2. The molecule has 0 saturated carbocycles. The number of rotatable bonds is 11. The Kier molecular flexibility index (Phi) is 9.75. The number of methoxy groups -OCH3 is 1. The highest BCUT2D eigenvalue weighted by atomic mass is 32.2. The Morgan fingerprint density at radius 2 is 1.56 bits per heavy atom. The van der Waals surface area contributed by atoms with Gasteiger partial charge in [-0.1, -0.05) is 35.9 Å². The summed E-state index contributed by atoms with van der Waals surface area (Å²) in [6.07, 6.45) is 0. The molecule has 0 fully saturated rings. The molecular weight excluding hydrogens is 514 g/mol. The number of hydrogen-bond donors (Lipinski definition) is 1. The van der Waals surface area contributed by atoms with Crippen molar-refractivity contribution in [3.8, 4) is 5.75 Å². The Hall–Kier alpha value is -3.85. The van der Waals surface area contributed by atoms with Crippen molar-refractivity contribution in [3.05, 3.63) is 89.0 Å². The van der Waals surface area contributed by atoms with Crippen molar-refractivity contribution < 1.29 is 22.7 Å². The number of benzene rings is 3. The lowest BCUT2D eigenvalue weighted by atomic mass is 10.1. The SMILES string of the molecule is CCNC(=O)[C@@H](C)N(Cc1ccc(OC)cc1)C(=O)CN(c1ccc(C)c(C)c1)S(=O)(=O)c1ccc(C)cc1. The Morgan fingerprint density at radius 1 is 0.923 bits per heavy atom. The van der Waals surface area contributed by atoms with E-state index in [1.165, 1.54) is 17.0 Å². The second-order valence-corrected chi connectivity index (χ2v) is 11.4. The maximum absolute atomic E-state index is 13.9. The van der Waals surface area contributed by atoms with Crippen molar-refractivity contribution in [1.82, 2.24) is 10.2 Å². The zero-order valence-corrected chi connectivity index (χ0v) is 24.2. The first kappa shape index (κ1) is 29.7. The summed E-state index contributed by atoms with van der Waals surface area (Å²) in [6.45, 7) is 9.20. The number of hydrogen-bond acceptors (Lipinski definition) is 5. The Balaban J connectivity index is 2.04. The average molecular weight is 552 g/mol. The first-order valence-corrected chi connectivity index (χ1v) is 14.3. The molecule has 2 amide bonds. The molecule has 0 bridgehead atoms. The van der Waals surface area contributed by atoms with Gasteiger partial charge in [0.05, 0.1) is 17.7 Å². The van der Waals surface area contributed by atoms with Crippen LogP contribution in [0.3, 0.4) is 0 Å². The van der Waals surface area contributed by atoms with E-state index in [1.54, 1.807) is 57.4 Å². The lowest BCUT2D eigenvalue weighted by Gasteiger charge is -2.32. The highest BCUT2D eigenvalue weighted by molar-refractivity contribution is 7.92. The van der Waals surface area contributed by atoms with Crippen molar-refractivity contribution in [2.75, 3.05) is 24.5 Å². The van der Waals surface area contributed by atoms with Crippen molar-refractivity contribution in [2.24, 2.45) is 0 Å². The van der Waals surface area contributed by atoms with Crippen LogP contribution in [-0.4, -0.2) is 51.4 Å². The zero-order chi connectivity index (χ0) is 28.7. The molecule has 1 N–H and O–H groups in total. The van der Waals surface area contributed by atoms with Gasteiger partial charge in [-0.2, -0.15) is 0 Å². The number of ether oxygens (including phenoxy) is 1. The van der Waals surface area contributed by atoms with E-state index < -0.39 is 28.5 Å². The van der Waals surface area contributed by atoms with Gasteiger partial charge >= 0.3 is 0 Å². The highest BCUT2D eigenvalue weighted by Crippen LogP contribution is 2.27. The lowest BCUT2D eigenvalue weighted by Crippen LogP contribution is -2.51. The Bertz CT molecular complexity index is 1400. The van der Waals surface area contributed by atoms with Crippen LogP contribution in [0.5, 0.6) is 5.75 Å². The molecule has 39 heavy (non-hydrogen) atoms. The first-order chi connectivity index (χ1) is 18.5. The summed E-state index contributed by atoms with van der Waals surface area (Å²) in [7, 11) is -2.53. The minimum Gasteiger partial charge on any atom is -0.497 e. The molecule has 0 aromatic heterocycles. The van der Waals surface area contributed by atoms with Gasteiger partial charge in [-0.25, -0.2) is 8.42 Å². The predicted octanol–water partition coefficient (Wildman–Crippen LogP) is 4.37. The van der Waals surface area contributed by atoms with Crippen LogP contribution in [0.1, 0.15) is 36.1 Å². The number of nitrogens with one attached hydrogen (secondary N) is 1. The Morgan fingerprint density at radius 3 is 2.13 bits per heavy atom. The summed E-state index contributed by atoms with van der Waals surface area (Å²) in [4.78, 5) is 28.2. The van der Waals surface area contributed by atoms with Gasteiger partial charge in [-0.05, 0) is 87.7 Å². The van der Waals surface area contributed by atoms with Crippen molar-refractivity contribution in [3.63, 3.8) is 0 Å². The van der Waals surface area contributed by atoms with Crippen LogP contribution in [0.15, 0.2) is 71.6 Å². The second kappa shape index (κ2) is 12.8. The van der Waals surface area contributed by atoms with E-state index in [0.717, 1.165) is 26.6 Å². The fraction of sp³-hybridized carbons (Fsp3) is 0.333. The maximum Gasteiger partial charge on any atom is 0.264 e. The van der Waals surface area contributed by atoms with Crippen LogP contribution in [0.4, 0.5) is 5.69 Å². The number of sulfonamides is 1. The minimum atomic E-state index is -4.10. The van der Waals surface area contributed by atoms with E-state index >= 15 is 0 Å². The number of nitrogens with zero attached hydrogens (tertiary/aromatic N) is 2. The first-order valence-electron chi connectivity index (χ1n) is 12.8. The van der Waals surface area contributed by atoms with Crippen molar-refractivity contribution >= 4 is 27.5 Å². The number of likely N-dealkylation sites (N-methyl/N-ethyl adjacent to an activating group) is 1. The number of carbonyl (C=O) groups excluding carboxylic acids is 2. The third-order valence-corrected chi connectivity index (χ3v) is 8.48. The molecule has 9 heteroatoms. The summed E-state index contributed by atoms with van der Waals surface area (Å²) in [5.74, 6) is -0.157. The maximum atomic E-state index is 13.9. The lowest BCUT2D eigenvalue weighted by molar-refractivity contribution is -0.139. The topological polar surface area (TPSA) is 96.0 Å². The molecule has 0 unspecified atom stereocenters. The Labute approximate surface area is 231 Å². The number of carbonyl (C=O) groups is 2. The summed E-state index contributed by atoms with van der Waals surface area (Å²) in [6, 6.07) is 18.2. The monoisotopic (exact) mass is 551 g/mol. The van der Waals surface area contributed by atoms with Gasteiger partial charge in [0.1, 0.15) is 18.3 Å². The molecule has 0 radical (unpaired) electrons. The standard InChI is InChI=1S/C30H37N3O5S/c1-7-31-30(35)24(5)32(19-25-11-14-27(38-6)15-12-25)29(34)20-33(26-13-10-22(3)23(4)18-26)39(36,37)28-16-8-21(2)9-17-28/h8-18,24H,7,19-20H2,1-6H3,(H,31,35)/t24-/m1/s1. The van der Waals surface area contributed by atoms with E-state index in [-0.39, 0.29) is 17.3 Å². The molecule has 0 saturated heterocycles. The predicted molar refractivity (Wildman–Crippen MR) is 153 cm³/mol. The van der Waals surface area contributed by atoms with E-state index in [2.05, 4.69) is 5.32 Å². The van der Waals surface area contributed by atoms with Gasteiger partial charge in [0.2, 0.25) is 11.8 Å². The van der Waals surface area contributed by atoms with Crippen molar-refractivity contribution in [2.45, 2.75) is 52.1 Å². The molecule has 3 aromatic rings. The molecule has 3 aromatic carbocycles. The third kappa shape index (κ3) is 7.17. The zero-order valence-electron chi connectivity index (χ0n) is 23.4. The minimum absolute atomic E-state index is 0.0811. The largest absolute Gasteiger partial charge is 0.497 e. The van der Waals surface area contributed by atoms with Crippen LogP contribution >= 0.6 is 0 Å². The number of aryl methyl sites for hydroxylation is 3. The summed E-state index contributed by atoms with van der Waals surface area (Å²) in [5.41, 5.74) is 3.98. The smallest absolute Gasteiger partial charge is 0.264 e. The molecule has 0 heterocycles. The fourth-order valence-electron chi connectivity index (χ4n) is 4.08. The molecule has 1 atom stereocenters. The fourth-order valence-corrected chi connectivity index (χ4v) is 5.49. The molecule has 0 aliphatic rings. The van der Waals surface area contributed by atoms with Crippen LogP contribution < -0.4 is 14.4 Å². The van der Waals surface area contributed by atoms with E-state index in [4.69, 9.17) is 4.74 Å². The highest BCUT2D eigenvalue weighted by Gasteiger charge is 2.32. The number of anilines is 1. The van der Waals surface area contributed by atoms with Gasteiger partial charge in [0, 0.05) is 13.1 Å². The van der Waals surface area contributed by atoms with Gasteiger partial charge in [-0.15, -0.1) is 0 Å². The summed E-state index contributed by atoms with van der Waals surface area (Å²) < 4.78 is 34.1. The quantitative estimate of drug-likeness (QED) is 0.382. The van der Waals surface area contributed by atoms with Crippen LogP contribution in [0.25, 0.3) is 0 Å². The van der Waals surface area contributed by atoms with Crippen LogP contribution in [0.2, 0.25) is 0 Å². The summed E-state index contributed by atoms with van der Waals surface area (Å²) in [5, 5.41) is 2.76. The van der Waals surface area contributed by atoms with Crippen LogP contribution in [0, 0.1) is 20.8 Å². The molecular formula is C30H37N3O5S. The molecule has 208 valence electrons. The van der Waals surface area contributed by atoms with E-state index in [1.807, 2.05) is 39.0 Å². The molecule has 8 nitrogen and oxygen atoms in total. The molecule has 0 spiro atoms. The normalized spacial score (nSPS) is 11.9. The second-order valence-electron chi connectivity index (χ2n) is 9.53. The van der Waals surface area contributed by atoms with E-state index in [0.29, 0.717) is 18.0 Å². The molecule has 0 aliphatic heterocycles. The molecule has 3 rings (SSSR count). The van der Waals surface area contributed by atoms with Crippen LogP contribution in [-0.2, 0) is 26.2 Å². The van der Waals surface area contributed by atoms with Crippen molar-refractivity contribution in [1.29, 1.82) is 0 Å². The third-order valence-electron chi connectivity index (χ3n) is 6.70. The van der Waals surface area contributed by atoms with Gasteiger partial charge < -0.3 is 15.0 Å². The van der Waals surface area contributed by atoms with E-state index in [9.17, 15) is 18.0 Å². The average Bonchev–Trinajstić information content (AvgIpc) is 2.92. The summed E-state index contributed by atoms with van der Waals surface area (Å²) >= 11 is 0. The van der Waals surface area contributed by atoms with Gasteiger partial charge in [0.25, 0.3) is 10.0 Å². The molecule has 0 aliphatic carbocycles. The van der Waals surface area contributed by atoms with Gasteiger partial charge in [-0.3, -0.25) is 13.9 Å². The van der Waals surface area contributed by atoms with Gasteiger partial charge in [0.15, 0.2) is 0 Å².